The monoisotopic (exact) mass is 442 g/mol. The largest absolute Gasteiger partial charge is 0.492 e. The molecule has 158 valence electrons. The minimum Gasteiger partial charge on any atom is -0.492 e. The predicted molar refractivity (Wildman–Crippen MR) is 125 cm³/mol. The number of aromatic nitrogens is 2. The van der Waals surface area contributed by atoms with Gasteiger partial charge in [0.25, 0.3) is 0 Å². The molecule has 3 aromatic rings. The van der Waals surface area contributed by atoms with Crippen LogP contribution in [0.4, 0.5) is 16.5 Å². The minimum atomic E-state index is -0.304. The van der Waals surface area contributed by atoms with Gasteiger partial charge < -0.3 is 15.4 Å². The van der Waals surface area contributed by atoms with Crippen LogP contribution in [0.5, 0.6) is 5.75 Å². The van der Waals surface area contributed by atoms with Crippen molar-refractivity contribution in [3.8, 4) is 5.75 Å². The maximum absolute atomic E-state index is 12.7. The van der Waals surface area contributed by atoms with E-state index in [-0.39, 0.29) is 11.2 Å². The maximum atomic E-state index is 12.7. The van der Waals surface area contributed by atoms with Crippen LogP contribution in [0.15, 0.2) is 40.7 Å². The molecule has 1 unspecified atom stereocenters. The average Bonchev–Trinajstić information content (AvgIpc) is 3.13. The van der Waals surface area contributed by atoms with E-state index in [2.05, 4.69) is 39.9 Å². The highest BCUT2D eigenvalue weighted by Gasteiger charge is 2.19. The zero-order chi connectivity index (χ0) is 21.7. The molecule has 2 aromatic carbocycles. The van der Waals surface area contributed by atoms with Crippen LogP contribution in [0.1, 0.15) is 30.5 Å². The van der Waals surface area contributed by atoms with Crippen LogP contribution < -0.4 is 15.4 Å². The van der Waals surface area contributed by atoms with Crippen LogP contribution in [0.25, 0.3) is 0 Å². The van der Waals surface area contributed by atoms with Crippen molar-refractivity contribution in [3.63, 3.8) is 0 Å². The zero-order valence-corrected chi connectivity index (χ0v) is 19.4. The number of para-hydroxylation sites is 2. The molecule has 0 fully saturated rings. The molecule has 0 aliphatic heterocycles. The molecular weight excluding hydrogens is 416 g/mol. The lowest BCUT2D eigenvalue weighted by atomic mass is 10.1. The Labute approximate surface area is 185 Å². The average molecular weight is 443 g/mol. The van der Waals surface area contributed by atoms with Gasteiger partial charge in [0.1, 0.15) is 5.75 Å². The number of benzene rings is 2. The lowest BCUT2D eigenvalue weighted by Crippen LogP contribution is -2.23. The lowest BCUT2D eigenvalue weighted by Gasteiger charge is -2.15. The van der Waals surface area contributed by atoms with Crippen LogP contribution in [-0.2, 0) is 4.79 Å². The van der Waals surface area contributed by atoms with Crippen molar-refractivity contribution in [1.29, 1.82) is 0 Å². The normalized spacial score (nSPS) is 11.8. The molecular formula is C22H26N4O2S2. The fourth-order valence-electron chi connectivity index (χ4n) is 3.08. The molecule has 0 saturated heterocycles. The first kappa shape index (κ1) is 22.1. The summed E-state index contributed by atoms with van der Waals surface area (Å²) in [6, 6.07) is 11.8. The summed E-state index contributed by atoms with van der Waals surface area (Å²) >= 11 is 2.80. The molecule has 0 aliphatic rings. The second-order valence-corrected chi connectivity index (χ2v) is 9.52. The first-order chi connectivity index (χ1) is 14.4. The van der Waals surface area contributed by atoms with Gasteiger partial charge in [-0.05, 0) is 57.9 Å². The Balaban J connectivity index is 1.64. The maximum Gasteiger partial charge on any atom is 0.237 e. The minimum absolute atomic E-state index is 0.0542. The van der Waals surface area contributed by atoms with E-state index in [0.717, 1.165) is 32.6 Å². The predicted octanol–water partition coefficient (Wildman–Crippen LogP) is 5.72. The summed E-state index contributed by atoms with van der Waals surface area (Å²) in [6.07, 6.45) is 0. The number of rotatable bonds is 8. The summed E-state index contributed by atoms with van der Waals surface area (Å²) in [5.41, 5.74) is 5.03. The Bertz CT molecular complexity index is 1010. The van der Waals surface area contributed by atoms with Gasteiger partial charge in [-0.3, -0.25) is 4.79 Å². The molecule has 1 aromatic heterocycles. The van der Waals surface area contributed by atoms with E-state index < -0.39 is 0 Å². The summed E-state index contributed by atoms with van der Waals surface area (Å²) in [6.45, 7) is 10.5. The molecule has 6 nitrogen and oxygen atoms in total. The molecule has 1 amide bonds. The Morgan fingerprint density at radius 3 is 2.57 bits per heavy atom. The lowest BCUT2D eigenvalue weighted by molar-refractivity contribution is -0.115. The van der Waals surface area contributed by atoms with Gasteiger partial charge in [0, 0.05) is 5.69 Å². The fraction of sp³-hybridized carbons (Fsp3) is 0.318. The second kappa shape index (κ2) is 9.95. The van der Waals surface area contributed by atoms with E-state index in [9.17, 15) is 4.79 Å². The highest BCUT2D eigenvalue weighted by molar-refractivity contribution is 8.02. The summed E-state index contributed by atoms with van der Waals surface area (Å²) < 4.78 is 6.36. The van der Waals surface area contributed by atoms with Gasteiger partial charge >= 0.3 is 0 Å². The number of carbonyl (C=O) groups is 1. The molecule has 0 bridgehead atoms. The van der Waals surface area contributed by atoms with E-state index in [0.29, 0.717) is 11.7 Å². The van der Waals surface area contributed by atoms with E-state index in [4.69, 9.17) is 4.74 Å². The van der Waals surface area contributed by atoms with Crippen molar-refractivity contribution >= 4 is 45.5 Å². The van der Waals surface area contributed by atoms with E-state index in [1.165, 1.54) is 28.7 Å². The van der Waals surface area contributed by atoms with Crippen LogP contribution in [0.2, 0.25) is 0 Å². The smallest absolute Gasteiger partial charge is 0.237 e. The van der Waals surface area contributed by atoms with Gasteiger partial charge in [0.2, 0.25) is 11.0 Å². The molecule has 3 rings (SSSR count). The number of carbonyl (C=O) groups excluding carboxylic acids is 1. The number of hydrogen-bond acceptors (Lipinski definition) is 7. The number of aryl methyl sites for hydroxylation is 3. The number of thioether (sulfide) groups is 1. The Kier molecular flexibility index (Phi) is 7.33. The topological polar surface area (TPSA) is 76.1 Å². The summed E-state index contributed by atoms with van der Waals surface area (Å²) in [5, 5.41) is 15.1. The van der Waals surface area contributed by atoms with Crippen LogP contribution in [-0.4, -0.2) is 28.0 Å². The molecule has 1 atom stereocenters. The number of ether oxygens (including phenoxy) is 1. The number of hydrogen-bond donors (Lipinski definition) is 2. The van der Waals surface area contributed by atoms with Gasteiger partial charge in [-0.2, -0.15) is 0 Å². The van der Waals surface area contributed by atoms with E-state index >= 15 is 0 Å². The van der Waals surface area contributed by atoms with Gasteiger partial charge in [0.05, 0.1) is 17.5 Å². The number of anilines is 3. The molecule has 0 saturated carbocycles. The summed E-state index contributed by atoms with van der Waals surface area (Å²) in [5.74, 6) is 0.711. The first-order valence-corrected chi connectivity index (χ1v) is 11.4. The number of nitrogens with zero attached hydrogens (tertiary/aromatic N) is 2. The Hall–Kier alpha value is -2.58. The van der Waals surface area contributed by atoms with Crippen LogP contribution >= 0.6 is 23.1 Å². The standard InChI is InChI=1S/C22H26N4O2S2/c1-6-28-18-10-8-7-9-17(18)23-21-25-26-22(30-21)29-16(5)20(27)24-19-14(3)11-13(2)12-15(19)4/h7-12,16H,6H2,1-5H3,(H,23,25)(H,24,27). The first-order valence-electron chi connectivity index (χ1n) is 9.75. The molecule has 0 radical (unpaired) electrons. The Morgan fingerprint density at radius 1 is 1.17 bits per heavy atom. The molecule has 0 spiro atoms. The third kappa shape index (κ3) is 5.52. The third-order valence-corrected chi connectivity index (χ3v) is 6.43. The summed E-state index contributed by atoms with van der Waals surface area (Å²) in [7, 11) is 0. The summed E-state index contributed by atoms with van der Waals surface area (Å²) in [4.78, 5) is 12.7. The van der Waals surface area contributed by atoms with Crippen molar-refractivity contribution in [2.45, 2.75) is 44.2 Å². The van der Waals surface area contributed by atoms with Crippen LogP contribution in [0, 0.1) is 20.8 Å². The van der Waals surface area contributed by atoms with Gasteiger partial charge in [-0.1, -0.05) is 52.9 Å². The quantitative estimate of drug-likeness (QED) is 0.434. The Morgan fingerprint density at radius 2 is 1.87 bits per heavy atom. The molecule has 1 heterocycles. The van der Waals surface area contributed by atoms with Crippen molar-refractivity contribution < 1.29 is 9.53 Å². The van der Waals surface area contributed by atoms with Crippen molar-refractivity contribution in [2.24, 2.45) is 0 Å². The van der Waals surface area contributed by atoms with Gasteiger partial charge in [0.15, 0.2) is 4.34 Å². The zero-order valence-electron chi connectivity index (χ0n) is 17.8. The SMILES string of the molecule is CCOc1ccccc1Nc1nnc(SC(C)C(=O)Nc2c(C)cc(C)cc2C)s1. The number of amides is 1. The van der Waals surface area contributed by atoms with E-state index in [1.54, 1.807) is 0 Å². The molecule has 2 N–H and O–H groups in total. The van der Waals surface area contributed by atoms with E-state index in [1.807, 2.05) is 52.0 Å². The highest BCUT2D eigenvalue weighted by Crippen LogP contribution is 2.33. The molecule has 0 aliphatic carbocycles. The van der Waals surface area contributed by atoms with Crippen molar-refractivity contribution in [3.05, 3.63) is 53.1 Å². The molecule has 30 heavy (non-hydrogen) atoms. The highest BCUT2D eigenvalue weighted by atomic mass is 32.2. The van der Waals surface area contributed by atoms with Crippen molar-refractivity contribution in [2.75, 3.05) is 17.2 Å². The molecule has 8 heteroatoms. The fourth-order valence-corrected chi connectivity index (χ4v) is 4.99. The third-order valence-electron chi connectivity index (χ3n) is 4.41. The number of nitrogens with one attached hydrogen (secondary N) is 2. The van der Waals surface area contributed by atoms with Gasteiger partial charge in [-0.25, -0.2) is 0 Å². The van der Waals surface area contributed by atoms with Gasteiger partial charge in [-0.15, -0.1) is 10.2 Å². The van der Waals surface area contributed by atoms with Crippen molar-refractivity contribution in [1.82, 2.24) is 10.2 Å². The second-order valence-electron chi connectivity index (χ2n) is 6.95. The van der Waals surface area contributed by atoms with Crippen LogP contribution in [0.3, 0.4) is 0 Å².